The van der Waals surface area contributed by atoms with E-state index >= 15 is 0 Å². The molecule has 0 aromatic heterocycles. The van der Waals surface area contributed by atoms with Crippen LogP contribution in [-0.2, 0) is 11.2 Å². The minimum atomic E-state index is -0.396. The van der Waals surface area contributed by atoms with Crippen molar-refractivity contribution in [2.75, 3.05) is 13.1 Å². The maximum absolute atomic E-state index is 12.8. The lowest BCUT2D eigenvalue weighted by atomic mass is 10.1. The molecule has 0 aliphatic carbocycles. The van der Waals surface area contributed by atoms with E-state index in [2.05, 4.69) is 0 Å². The molecule has 2 aromatic rings. The molecule has 2 amide bonds. The van der Waals surface area contributed by atoms with Gasteiger partial charge in [0.15, 0.2) is 0 Å². The summed E-state index contributed by atoms with van der Waals surface area (Å²) in [6.45, 7) is 2.82. The summed E-state index contributed by atoms with van der Waals surface area (Å²) in [6.07, 6.45) is 0.920. The summed E-state index contributed by atoms with van der Waals surface area (Å²) in [7, 11) is 0. The molecule has 4 nitrogen and oxygen atoms in total. The Morgan fingerprint density at radius 2 is 1.61 bits per heavy atom. The second kappa shape index (κ2) is 8.13. The first-order valence-electron chi connectivity index (χ1n) is 7.75. The zero-order valence-electron chi connectivity index (χ0n) is 13.4. The SMILES string of the molecule is Cc1ccccc1C(=O)N(CCC(N)=O)CCc1ccccc1. The van der Waals surface area contributed by atoms with Gasteiger partial charge in [-0.2, -0.15) is 0 Å². The second-order valence-corrected chi connectivity index (χ2v) is 5.56. The average molecular weight is 310 g/mol. The van der Waals surface area contributed by atoms with Crippen molar-refractivity contribution in [3.8, 4) is 0 Å². The number of carbonyl (C=O) groups is 2. The average Bonchev–Trinajstić information content (AvgIpc) is 2.55. The van der Waals surface area contributed by atoms with Crippen molar-refractivity contribution in [1.82, 2.24) is 4.90 Å². The Labute approximate surface area is 136 Å². The standard InChI is InChI=1S/C19H22N2O2/c1-15-7-5-6-10-17(15)19(23)21(14-12-18(20)22)13-11-16-8-3-2-4-9-16/h2-10H,11-14H2,1H3,(H2,20,22). The first kappa shape index (κ1) is 16.7. The number of nitrogens with two attached hydrogens (primary N) is 1. The first-order valence-corrected chi connectivity index (χ1v) is 7.75. The quantitative estimate of drug-likeness (QED) is 0.854. The third-order valence-electron chi connectivity index (χ3n) is 3.80. The highest BCUT2D eigenvalue weighted by Crippen LogP contribution is 2.12. The van der Waals surface area contributed by atoms with E-state index in [9.17, 15) is 9.59 Å². The van der Waals surface area contributed by atoms with E-state index in [0.717, 1.165) is 17.5 Å². The van der Waals surface area contributed by atoms with Gasteiger partial charge in [-0.15, -0.1) is 0 Å². The van der Waals surface area contributed by atoms with Gasteiger partial charge >= 0.3 is 0 Å². The third kappa shape index (κ3) is 4.95. The molecule has 0 atom stereocenters. The van der Waals surface area contributed by atoms with Gasteiger partial charge in [0.1, 0.15) is 0 Å². The van der Waals surface area contributed by atoms with Crippen LogP contribution in [0.4, 0.5) is 0 Å². The lowest BCUT2D eigenvalue weighted by Crippen LogP contribution is -2.36. The lowest BCUT2D eigenvalue weighted by Gasteiger charge is -2.23. The van der Waals surface area contributed by atoms with Crippen molar-refractivity contribution in [3.63, 3.8) is 0 Å². The van der Waals surface area contributed by atoms with Crippen molar-refractivity contribution in [3.05, 3.63) is 71.3 Å². The molecule has 0 heterocycles. The van der Waals surface area contributed by atoms with Gasteiger partial charge in [0.25, 0.3) is 5.91 Å². The van der Waals surface area contributed by atoms with Crippen LogP contribution in [0.15, 0.2) is 54.6 Å². The second-order valence-electron chi connectivity index (χ2n) is 5.56. The van der Waals surface area contributed by atoms with Crippen LogP contribution in [0.5, 0.6) is 0 Å². The summed E-state index contributed by atoms with van der Waals surface area (Å²) in [5.41, 5.74) is 8.00. The van der Waals surface area contributed by atoms with Gasteiger partial charge in [0.05, 0.1) is 0 Å². The number of amides is 2. The smallest absolute Gasteiger partial charge is 0.254 e. The normalized spacial score (nSPS) is 10.3. The predicted octanol–water partition coefficient (Wildman–Crippen LogP) is 2.56. The predicted molar refractivity (Wildman–Crippen MR) is 91.0 cm³/mol. The van der Waals surface area contributed by atoms with E-state index in [1.165, 1.54) is 0 Å². The van der Waals surface area contributed by atoms with Crippen LogP contribution < -0.4 is 5.73 Å². The molecule has 0 bridgehead atoms. The van der Waals surface area contributed by atoms with Gasteiger partial charge < -0.3 is 10.6 Å². The van der Waals surface area contributed by atoms with Gasteiger partial charge in [-0.25, -0.2) is 0 Å². The number of primary amides is 1. The van der Waals surface area contributed by atoms with Gasteiger partial charge in [-0.05, 0) is 30.5 Å². The Hall–Kier alpha value is -2.62. The Bertz CT molecular complexity index is 668. The Balaban J connectivity index is 2.11. The molecule has 0 saturated carbocycles. The number of aryl methyl sites for hydroxylation is 1. The van der Waals surface area contributed by atoms with Crippen molar-refractivity contribution >= 4 is 11.8 Å². The number of benzene rings is 2. The minimum Gasteiger partial charge on any atom is -0.370 e. The summed E-state index contributed by atoms with van der Waals surface area (Å²) in [4.78, 5) is 25.6. The van der Waals surface area contributed by atoms with Gasteiger partial charge in [-0.3, -0.25) is 9.59 Å². The molecule has 2 aromatic carbocycles. The van der Waals surface area contributed by atoms with Crippen molar-refractivity contribution in [2.24, 2.45) is 5.73 Å². The molecule has 0 unspecified atom stereocenters. The summed E-state index contributed by atoms with van der Waals surface area (Å²) < 4.78 is 0. The fourth-order valence-electron chi connectivity index (χ4n) is 2.45. The topological polar surface area (TPSA) is 63.4 Å². The minimum absolute atomic E-state index is 0.0553. The molecule has 2 N–H and O–H groups in total. The summed E-state index contributed by atoms with van der Waals surface area (Å²) in [5, 5.41) is 0. The molecule has 0 aliphatic heterocycles. The molecule has 0 radical (unpaired) electrons. The van der Waals surface area contributed by atoms with E-state index in [1.54, 1.807) is 4.90 Å². The van der Waals surface area contributed by atoms with E-state index < -0.39 is 5.91 Å². The molecular weight excluding hydrogens is 288 g/mol. The highest BCUT2D eigenvalue weighted by molar-refractivity contribution is 5.95. The third-order valence-corrected chi connectivity index (χ3v) is 3.80. The highest BCUT2D eigenvalue weighted by Gasteiger charge is 2.17. The molecule has 4 heteroatoms. The van der Waals surface area contributed by atoms with Crippen LogP contribution in [0.3, 0.4) is 0 Å². The molecule has 0 aliphatic rings. The fourth-order valence-corrected chi connectivity index (χ4v) is 2.45. The zero-order chi connectivity index (χ0) is 16.7. The molecule has 120 valence electrons. The monoisotopic (exact) mass is 310 g/mol. The number of hydrogen-bond acceptors (Lipinski definition) is 2. The van der Waals surface area contributed by atoms with E-state index in [4.69, 9.17) is 5.73 Å². The Kier molecular flexibility index (Phi) is 5.92. The van der Waals surface area contributed by atoms with Gasteiger partial charge in [0, 0.05) is 25.1 Å². The highest BCUT2D eigenvalue weighted by atomic mass is 16.2. The molecular formula is C19H22N2O2. The Morgan fingerprint density at radius 1 is 0.957 bits per heavy atom. The molecule has 2 rings (SSSR count). The van der Waals surface area contributed by atoms with Crippen LogP contribution in [0.2, 0.25) is 0 Å². The maximum atomic E-state index is 12.8. The van der Waals surface area contributed by atoms with E-state index in [-0.39, 0.29) is 12.3 Å². The lowest BCUT2D eigenvalue weighted by molar-refractivity contribution is -0.118. The van der Waals surface area contributed by atoms with Gasteiger partial charge in [-0.1, -0.05) is 48.5 Å². The number of carbonyl (C=O) groups excluding carboxylic acids is 2. The molecule has 0 fully saturated rings. The number of hydrogen-bond donors (Lipinski definition) is 1. The Morgan fingerprint density at radius 3 is 2.26 bits per heavy atom. The first-order chi connectivity index (χ1) is 11.1. The number of nitrogens with zero attached hydrogens (tertiary/aromatic N) is 1. The maximum Gasteiger partial charge on any atom is 0.254 e. The summed E-state index contributed by atoms with van der Waals surface area (Å²) in [5.74, 6) is -0.451. The van der Waals surface area contributed by atoms with Crippen molar-refractivity contribution in [1.29, 1.82) is 0 Å². The van der Waals surface area contributed by atoms with Crippen LogP contribution in [-0.4, -0.2) is 29.8 Å². The molecule has 0 spiro atoms. The van der Waals surface area contributed by atoms with Crippen molar-refractivity contribution < 1.29 is 9.59 Å². The zero-order valence-corrected chi connectivity index (χ0v) is 13.4. The van der Waals surface area contributed by atoms with Crippen LogP contribution in [0, 0.1) is 6.92 Å². The summed E-state index contributed by atoms with van der Waals surface area (Å²) in [6, 6.07) is 17.5. The number of rotatable bonds is 7. The summed E-state index contributed by atoms with van der Waals surface area (Å²) >= 11 is 0. The molecule has 23 heavy (non-hydrogen) atoms. The van der Waals surface area contributed by atoms with Gasteiger partial charge in [0.2, 0.25) is 5.91 Å². The van der Waals surface area contributed by atoms with Crippen molar-refractivity contribution in [2.45, 2.75) is 19.8 Å². The van der Waals surface area contributed by atoms with Crippen LogP contribution in [0.25, 0.3) is 0 Å². The van der Waals surface area contributed by atoms with E-state index in [1.807, 2.05) is 61.5 Å². The van der Waals surface area contributed by atoms with Crippen LogP contribution >= 0.6 is 0 Å². The largest absolute Gasteiger partial charge is 0.370 e. The van der Waals surface area contributed by atoms with E-state index in [0.29, 0.717) is 18.7 Å². The van der Waals surface area contributed by atoms with Crippen LogP contribution in [0.1, 0.15) is 27.9 Å². The fraction of sp³-hybridized carbons (Fsp3) is 0.263. The molecule has 0 saturated heterocycles.